The lowest BCUT2D eigenvalue weighted by molar-refractivity contribution is 0.606. The van der Waals surface area contributed by atoms with Crippen LogP contribution < -0.4 is 0 Å². The molecule has 0 atom stereocenters. The van der Waals surface area contributed by atoms with Gasteiger partial charge in [0.05, 0.1) is 15.5 Å². The maximum absolute atomic E-state index is 11.3. The van der Waals surface area contributed by atoms with Crippen LogP contribution in [0.15, 0.2) is 51.8 Å². The second kappa shape index (κ2) is 4.77. The molecule has 7 heteroatoms. The van der Waals surface area contributed by atoms with E-state index in [2.05, 4.69) is 4.98 Å². The van der Waals surface area contributed by atoms with Gasteiger partial charge in [0.2, 0.25) is 5.89 Å². The van der Waals surface area contributed by atoms with Gasteiger partial charge >= 0.3 is 0 Å². The molecule has 1 heterocycles. The van der Waals surface area contributed by atoms with Crippen molar-refractivity contribution in [1.82, 2.24) is 4.98 Å². The molecule has 0 unspecified atom stereocenters. The van der Waals surface area contributed by atoms with Crippen LogP contribution in [0.3, 0.4) is 0 Å². The summed E-state index contributed by atoms with van der Waals surface area (Å²) in [5.41, 5.74) is 1.51. The fraction of sp³-hybridized carbons (Fsp3) is 0. The van der Waals surface area contributed by atoms with Gasteiger partial charge in [0, 0.05) is 16.7 Å². The molecule has 3 aromatic rings. The Kier molecular flexibility index (Phi) is 3.20. The van der Waals surface area contributed by atoms with E-state index in [1.54, 1.807) is 18.2 Å². The minimum absolute atomic E-state index is 0.0338. The second-order valence-electron chi connectivity index (χ2n) is 4.07. The van der Waals surface area contributed by atoms with Crippen LogP contribution in [-0.2, 0) is 9.05 Å². The molecule has 3 rings (SSSR count). The molecule has 20 heavy (non-hydrogen) atoms. The largest absolute Gasteiger partial charge is 0.436 e. The number of hydrogen-bond acceptors (Lipinski definition) is 4. The van der Waals surface area contributed by atoms with Gasteiger partial charge in [-0.25, -0.2) is 13.4 Å². The van der Waals surface area contributed by atoms with Crippen LogP contribution in [-0.4, -0.2) is 13.4 Å². The first-order valence-electron chi connectivity index (χ1n) is 5.55. The third kappa shape index (κ3) is 2.40. The molecule has 0 saturated carbocycles. The molecule has 2 aromatic carbocycles. The molecule has 4 nitrogen and oxygen atoms in total. The first-order valence-corrected chi connectivity index (χ1v) is 8.24. The van der Waals surface area contributed by atoms with Gasteiger partial charge in [0.25, 0.3) is 9.05 Å². The number of oxazole rings is 1. The summed E-state index contributed by atoms with van der Waals surface area (Å²) in [7, 11) is 1.50. The fourth-order valence-corrected chi connectivity index (χ4v) is 2.79. The highest BCUT2D eigenvalue weighted by Crippen LogP contribution is 2.30. The SMILES string of the molecule is O=S(=O)(Cl)c1ccc2nc(-c3ccccc3Cl)oc2c1. The highest BCUT2D eigenvalue weighted by molar-refractivity contribution is 8.13. The van der Waals surface area contributed by atoms with Crippen molar-refractivity contribution in [2.24, 2.45) is 0 Å². The van der Waals surface area contributed by atoms with Crippen LogP contribution in [0.1, 0.15) is 0 Å². The molecule has 0 saturated heterocycles. The van der Waals surface area contributed by atoms with E-state index in [1.807, 2.05) is 6.07 Å². The average Bonchev–Trinajstić information content (AvgIpc) is 2.80. The third-order valence-corrected chi connectivity index (χ3v) is 4.43. The van der Waals surface area contributed by atoms with E-state index in [-0.39, 0.29) is 4.90 Å². The monoisotopic (exact) mass is 327 g/mol. The summed E-state index contributed by atoms with van der Waals surface area (Å²) in [5.74, 6) is 0.328. The second-order valence-corrected chi connectivity index (χ2v) is 7.04. The summed E-state index contributed by atoms with van der Waals surface area (Å²) >= 11 is 6.07. The van der Waals surface area contributed by atoms with Gasteiger partial charge in [-0.05, 0) is 24.3 Å². The predicted molar refractivity (Wildman–Crippen MR) is 77.5 cm³/mol. The van der Waals surface area contributed by atoms with E-state index in [9.17, 15) is 8.42 Å². The first-order chi connectivity index (χ1) is 9.45. The van der Waals surface area contributed by atoms with Gasteiger partial charge in [-0.3, -0.25) is 0 Å². The zero-order valence-electron chi connectivity index (χ0n) is 9.88. The van der Waals surface area contributed by atoms with Crippen LogP contribution in [0, 0.1) is 0 Å². The van der Waals surface area contributed by atoms with Crippen LogP contribution in [0.4, 0.5) is 0 Å². The van der Waals surface area contributed by atoms with Crippen LogP contribution in [0.25, 0.3) is 22.6 Å². The predicted octanol–water partition coefficient (Wildman–Crippen LogP) is 4.08. The summed E-state index contributed by atoms with van der Waals surface area (Å²) in [6.45, 7) is 0. The van der Waals surface area contributed by atoms with E-state index in [0.29, 0.717) is 27.6 Å². The number of fused-ring (bicyclic) bond motifs is 1. The van der Waals surface area contributed by atoms with Gasteiger partial charge < -0.3 is 4.42 Å². The molecule has 0 spiro atoms. The quantitative estimate of drug-likeness (QED) is 0.665. The van der Waals surface area contributed by atoms with E-state index in [4.69, 9.17) is 26.7 Å². The summed E-state index contributed by atoms with van der Waals surface area (Å²) < 4.78 is 28.1. The summed E-state index contributed by atoms with van der Waals surface area (Å²) in [5, 5.41) is 0.504. The summed E-state index contributed by atoms with van der Waals surface area (Å²) in [4.78, 5) is 4.24. The molecule has 0 amide bonds. The Bertz CT molecular complexity index is 903. The number of rotatable bonds is 2. The lowest BCUT2D eigenvalue weighted by Gasteiger charge is -1.96. The van der Waals surface area contributed by atoms with Gasteiger partial charge in [-0.2, -0.15) is 0 Å². The maximum atomic E-state index is 11.3. The van der Waals surface area contributed by atoms with E-state index in [0.717, 1.165) is 0 Å². The van der Waals surface area contributed by atoms with Crippen molar-refractivity contribution in [1.29, 1.82) is 0 Å². The Morgan fingerprint density at radius 1 is 1.10 bits per heavy atom. The van der Waals surface area contributed by atoms with Crippen molar-refractivity contribution in [3.05, 3.63) is 47.5 Å². The van der Waals surface area contributed by atoms with E-state index >= 15 is 0 Å². The molecule has 0 radical (unpaired) electrons. The Balaban J connectivity index is 2.19. The highest BCUT2D eigenvalue weighted by Gasteiger charge is 2.15. The van der Waals surface area contributed by atoms with Gasteiger partial charge in [0.15, 0.2) is 5.58 Å². The summed E-state index contributed by atoms with van der Waals surface area (Å²) in [6, 6.07) is 11.4. The van der Waals surface area contributed by atoms with Gasteiger partial charge in [-0.15, -0.1) is 0 Å². The number of aromatic nitrogens is 1. The van der Waals surface area contributed by atoms with Gasteiger partial charge in [-0.1, -0.05) is 23.7 Å². The molecule has 0 aliphatic carbocycles. The van der Waals surface area contributed by atoms with Crippen molar-refractivity contribution in [3.8, 4) is 11.5 Å². The minimum Gasteiger partial charge on any atom is -0.436 e. The molecule has 0 aliphatic heterocycles. The van der Waals surface area contributed by atoms with Crippen LogP contribution >= 0.6 is 22.3 Å². The van der Waals surface area contributed by atoms with E-state index in [1.165, 1.54) is 18.2 Å². The number of halogens is 2. The zero-order chi connectivity index (χ0) is 14.3. The topological polar surface area (TPSA) is 60.2 Å². The van der Waals surface area contributed by atoms with Gasteiger partial charge in [0.1, 0.15) is 5.52 Å². The fourth-order valence-electron chi connectivity index (χ4n) is 1.81. The standard InChI is InChI=1S/C13H7Cl2NO3S/c14-10-4-2-1-3-9(10)13-16-11-6-5-8(20(15,17)18)7-12(11)19-13/h1-7H. The number of nitrogens with zero attached hydrogens (tertiary/aromatic N) is 1. The molecule has 1 aromatic heterocycles. The van der Waals surface area contributed by atoms with Crippen molar-refractivity contribution < 1.29 is 12.8 Å². The van der Waals surface area contributed by atoms with Crippen molar-refractivity contribution in [2.75, 3.05) is 0 Å². The molecule has 0 fully saturated rings. The highest BCUT2D eigenvalue weighted by atomic mass is 35.7. The van der Waals surface area contributed by atoms with Crippen LogP contribution in [0.2, 0.25) is 5.02 Å². The average molecular weight is 328 g/mol. The Hall–Kier alpha value is -1.56. The molecular formula is C13H7Cl2NO3S. The lowest BCUT2D eigenvalue weighted by Crippen LogP contribution is -1.88. The molecule has 102 valence electrons. The zero-order valence-corrected chi connectivity index (χ0v) is 12.2. The Morgan fingerprint density at radius 2 is 1.85 bits per heavy atom. The van der Waals surface area contributed by atoms with E-state index < -0.39 is 9.05 Å². The first kappa shape index (κ1) is 13.4. The maximum Gasteiger partial charge on any atom is 0.261 e. The van der Waals surface area contributed by atoms with Crippen molar-refractivity contribution >= 4 is 42.4 Å². The number of hydrogen-bond donors (Lipinski definition) is 0. The Morgan fingerprint density at radius 3 is 2.55 bits per heavy atom. The lowest BCUT2D eigenvalue weighted by atomic mass is 10.2. The molecular weight excluding hydrogens is 321 g/mol. The Labute approximate surface area is 124 Å². The number of benzene rings is 2. The van der Waals surface area contributed by atoms with Crippen molar-refractivity contribution in [2.45, 2.75) is 4.90 Å². The normalized spacial score (nSPS) is 11.9. The van der Waals surface area contributed by atoms with Crippen molar-refractivity contribution in [3.63, 3.8) is 0 Å². The minimum atomic E-state index is -3.80. The summed E-state index contributed by atoms with van der Waals surface area (Å²) in [6.07, 6.45) is 0. The third-order valence-electron chi connectivity index (χ3n) is 2.75. The smallest absolute Gasteiger partial charge is 0.261 e. The van der Waals surface area contributed by atoms with Crippen LogP contribution in [0.5, 0.6) is 0 Å². The molecule has 0 bridgehead atoms. The molecule has 0 aliphatic rings. The molecule has 0 N–H and O–H groups in total.